The van der Waals surface area contributed by atoms with Gasteiger partial charge in [0.05, 0.1) is 5.69 Å². The average molecular weight is 204 g/mol. The van der Waals surface area contributed by atoms with Crippen LogP contribution in [0.2, 0.25) is 0 Å². The van der Waals surface area contributed by atoms with E-state index >= 15 is 0 Å². The summed E-state index contributed by atoms with van der Waals surface area (Å²) in [5.41, 5.74) is 7.15. The van der Waals surface area contributed by atoms with Gasteiger partial charge in [0, 0.05) is 17.8 Å². The maximum atomic E-state index is 5.62. The first-order chi connectivity index (χ1) is 7.24. The monoisotopic (exact) mass is 204 g/mol. The van der Waals surface area contributed by atoms with E-state index in [0.29, 0.717) is 18.1 Å². The van der Waals surface area contributed by atoms with Gasteiger partial charge in [0.15, 0.2) is 5.76 Å². The van der Waals surface area contributed by atoms with Gasteiger partial charge in [-0.15, -0.1) is 0 Å². The number of ether oxygens (including phenoxy) is 1. The fraction of sp³-hybridized carbons (Fsp3) is 0.182. The Morgan fingerprint density at radius 3 is 2.93 bits per heavy atom. The van der Waals surface area contributed by atoms with Crippen molar-refractivity contribution in [2.24, 2.45) is 0 Å². The molecule has 4 heteroatoms. The molecular weight excluding hydrogens is 192 g/mol. The maximum Gasteiger partial charge on any atom is 0.174 e. The molecule has 1 heterocycles. The zero-order chi connectivity index (χ0) is 10.7. The Kier molecular flexibility index (Phi) is 2.58. The van der Waals surface area contributed by atoms with E-state index in [9.17, 15) is 0 Å². The molecule has 1 aromatic heterocycles. The van der Waals surface area contributed by atoms with Crippen molar-refractivity contribution in [1.82, 2.24) is 5.16 Å². The number of hydrogen-bond donors (Lipinski definition) is 1. The lowest BCUT2D eigenvalue weighted by atomic mass is 10.3. The highest BCUT2D eigenvalue weighted by atomic mass is 16.5. The minimum Gasteiger partial charge on any atom is -0.485 e. The molecule has 1 aromatic carbocycles. The van der Waals surface area contributed by atoms with Gasteiger partial charge in [-0.05, 0) is 19.1 Å². The molecule has 0 unspecified atom stereocenters. The summed E-state index contributed by atoms with van der Waals surface area (Å²) in [6.07, 6.45) is 0. The van der Waals surface area contributed by atoms with E-state index in [-0.39, 0.29) is 0 Å². The summed E-state index contributed by atoms with van der Waals surface area (Å²) in [5.74, 6) is 1.43. The summed E-state index contributed by atoms with van der Waals surface area (Å²) < 4.78 is 10.5. The number of benzene rings is 1. The molecule has 0 radical (unpaired) electrons. The first kappa shape index (κ1) is 9.58. The number of nitrogens with two attached hydrogens (primary N) is 1. The predicted molar refractivity (Wildman–Crippen MR) is 56.4 cm³/mol. The highest BCUT2D eigenvalue weighted by Crippen LogP contribution is 2.16. The Morgan fingerprint density at radius 1 is 1.40 bits per heavy atom. The molecule has 0 saturated carbocycles. The molecular formula is C11H12N2O2. The first-order valence-corrected chi connectivity index (χ1v) is 4.64. The molecule has 2 rings (SSSR count). The van der Waals surface area contributed by atoms with E-state index in [1.807, 2.05) is 31.2 Å². The lowest BCUT2D eigenvalue weighted by Crippen LogP contribution is -1.94. The van der Waals surface area contributed by atoms with Gasteiger partial charge < -0.3 is 15.0 Å². The summed E-state index contributed by atoms with van der Waals surface area (Å²) in [6.45, 7) is 2.23. The van der Waals surface area contributed by atoms with Gasteiger partial charge in [0.2, 0.25) is 0 Å². The first-order valence-electron chi connectivity index (χ1n) is 4.64. The van der Waals surface area contributed by atoms with Gasteiger partial charge in [-0.1, -0.05) is 11.2 Å². The van der Waals surface area contributed by atoms with Gasteiger partial charge >= 0.3 is 0 Å². The van der Waals surface area contributed by atoms with Gasteiger partial charge in [-0.25, -0.2) is 0 Å². The Balaban J connectivity index is 1.99. The number of hydrogen-bond acceptors (Lipinski definition) is 4. The van der Waals surface area contributed by atoms with E-state index in [1.165, 1.54) is 0 Å². The van der Waals surface area contributed by atoms with Crippen LogP contribution in [0.15, 0.2) is 34.9 Å². The fourth-order valence-electron chi connectivity index (χ4n) is 1.24. The van der Waals surface area contributed by atoms with Gasteiger partial charge in [0.1, 0.15) is 12.4 Å². The molecule has 0 spiro atoms. The van der Waals surface area contributed by atoms with Crippen molar-refractivity contribution >= 4 is 5.69 Å². The number of aryl methyl sites for hydroxylation is 1. The van der Waals surface area contributed by atoms with Crippen molar-refractivity contribution in [2.75, 3.05) is 5.73 Å². The van der Waals surface area contributed by atoms with Crippen molar-refractivity contribution in [3.8, 4) is 5.75 Å². The molecule has 0 amide bonds. The van der Waals surface area contributed by atoms with Crippen molar-refractivity contribution in [3.05, 3.63) is 41.8 Å². The quantitative estimate of drug-likeness (QED) is 0.778. The molecule has 15 heavy (non-hydrogen) atoms. The van der Waals surface area contributed by atoms with E-state index in [1.54, 1.807) is 6.07 Å². The SMILES string of the molecule is Cc1cc(COc2cccc(N)c2)on1. The zero-order valence-corrected chi connectivity index (χ0v) is 8.43. The van der Waals surface area contributed by atoms with E-state index in [4.69, 9.17) is 15.0 Å². The Labute approximate surface area is 87.6 Å². The third-order valence-electron chi connectivity index (χ3n) is 1.92. The van der Waals surface area contributed by atoms with Crippen LogP contribution < -0.4 is 10.5 Å². The van der Waals surface area contributed by atoms with Crippen LogP contribution in [0.1, 0.15) is 11.5 Å². The second-order valence-corrected chi connectivity index (χ2v) is 3.30. The largest absolute Gasteiger partial charge is 0.485 e. The molecule has 4 nitrogen and oxygen atoms in total. The van der Waals surface area contributed by atoms with Crippen LogP contribution in [0.25, 0.3) is 0 Å². The van der Waals surface area contributed by atoms with Gasteiger partial charge in [-0.2, -0.15) is 0 Å². The van der Waals surface area contributed by atoms with Crippen molar-refractivity contribution in [1.29, 1.82) is 0 Å². The molecule has 0 fully saturated rings. The zero-order valence-electron chi connectivity index (χ0n) is 8.43. The Morgan fingerprint density at radius 2 is 2.27 bits per heavy atom. The van der Waals surface area contributed by atoms with Crippen molar-refractivity contribution < 1.29 is 9.26 Å². The number of aromatic nitrogens is 1. The summed E-state index contributed by atoms with van der Waals surface area (Å²) in [5, 5.41) is 3.77. The standard InChI is InChI=1S/C11H12N2O2/c1-8-5-11(15-13-8)7-14-10-4-2-3-9(12)6-10/h2-6H,7,12H2,1H3. The Hall–Kier alpha value is -1.97. The molecule has 0 saturated heterocycles. The van der Waals surface area contributed by atoms with Crippen LogP contribution in [-0.4, -0.2) is 5.16 Å². The maximum absolute atomic E-state index is 5.62. The molecule has 0 aliphatic rings. The summed E-state index contributed by atoms with van der Waals surface area (Å²) >= 11 is 0. The topological polar surface area (TPSA) is 61.3 Å². The average Bonchev–Trinajstić information content (AvgIpc) is 2.62. The second kappa shape index (κ2) is 4.04. The third-order valence-corrected chi connectivity index (χ3v) is 1.92. The second-order valence-electron chi connectivity index (χ2n) is 3.30. The van der Waals surface area contributed by atoms with Gasteiger partial charge in [-0.3, -0.25) is 0 Å². The normalized spacial score (nSPS) is 10.2. The number of nitrogens with zero attached hydrogens (tertiary/aromatic N) is 1. The molecule has 78 valence electrons. The van der Waals surface area contributed by atoms with Crippen LogP contribution in [0.5, 0.6) is 5.75 Å². The number of anilines is 1. The molecule has 0 aliphatic heterocycles. The smallest absolute Gasteiger partial charge is 0.174 e. The lowest BCUT2D eigenvalue weighted by Gasteiger charge is -2.03. The third kappa shape index (κ3) is 2.49. The van der Waals surface area contributed by atoms with Crippen molar-refractivity contribution in [2.45, 2.75) is 13.5 Å². The molecule has 0 bridgehead atoms. The molecule has 0 atom stereocenters. The van der Waals surface area contributed by atoms with E-state index in [0.717, 1.165) is 11.4 Å². The van der Waals surface area contributed by atoms with Crippen LogP contribution in [0, 0.1) is 6.92 Å². The summed E-state index contributed by atoms with van der Waals surface area (Å²) in [7, 11) is 0. The summed E-state index contributed by atoms with van der Waals surface area (Å²) in [6, 6.07) is 9.11. The van der Waals surface area contributed by atoms with E-state index in [2.05, 4.69) is 5.16 Å². The minimum absolute atomic E-state index is 0.365. The van der Waals surface area contributed by atoms with Crippen LogP contribution in [0.4, 0.5) is 5.69 Å². The van der Waals surface area contributed by atoms with Gasteiger partial charge in [0.25, 0.3) is 0 Å². The van der Waals surface area contributed by atoms with Crippen LogP contribution >= 0.6 is 0 Å². The lowest BCUT2D eigenvalue weighted by molar-refractivity contribution is 0.249. The molecule has 2 N–H and O–H groups in total. The van der Waals surface area contributed by atoms with E-state index < -0.39 is 0 Å². The number of rotatable bonds is 3. The van der Waals surface area contributed by atoms with Crippen LogP contribution in [-0.2, 0) is 6.61 Å². The van der Waals surface area contributed by atoms with Crippen molar-refractivity contribution in [3.63, 3.8) is 0 Å². The summed E-state index contributed by atoms with van der Waals surface area (Å²) in [4.78, 5) is 0. The number of nitrogen functional groups attached to an aromatic ring is 1. The fourth-order valence-corrected chi connectivity index (χ4v) is 1.24. The highest BCUT2D eigenvalue weighted by molar-refractivity contribution is 5.43. The highest BCUT2D eigenvalue weighted by Gasteiger charge is 2.01. The minimum atomic E-state index is 0.365. The Bertz CT molecular complexity index is 451. The predicted octanol–water partition coefficient (Wildman–Crippen LogP) is 2.14. The van der Waals surface area contributed by atoms with Crippen LogP contribution in [0.3, 0.4) is 0 Å². The molecule has 2 aromatic rings. The molecule has 0 aliphatic carbocycles.